The summed E-state index contributed by atoms with van der Waals surface area (Å²) in [5.41, 5.74) is 2.18. The van der Waals surface area contributed by atoms with Crippen LogP contribution in [0, 0.1) is 5.82 Å². The Morgan fingerprint density at radius 2 is 1.78 bits per heavy atom. The molecule has 2 atom stereocenters. The van der Waals surface area contributed by atoms with Crippen LogP contribution in [-0.4, -0.2) is 35.2 Å². The zero-order valence-corrected chi connectivity index (χ0v) is 14.3. The maximum Gasteiger partial charge on any atom is 0.271 e. The summed E-state index contributed by atoms with van der Waals surface area (Å²) in [5.74, 6) is -0.421. The van der Waals surface area contributed by atoms with Crippen LogP contribution in [0.2, 0.25) is 0 Å². The highest BCUT2D eigenvalue weighted by molar-refractivity contribution is 7.92. The fraction of sp³-hybridized carbons (Fsp3) is 0.278. The van der Waals surface area contributed by atoms with Crippen LogP contribution in [0.4, 0.5) is 4.39 Å². The van der Waals surface area contributed by atoms with Crippen LogP contribution >= 0.6 is 0 Å². The highest BCUT2D eigenvalue weighted by Crippen LogP contribution is 2.27. The van der Waals surface area contributed by atoms with Crippen LogP contribution in [0.15, 0.2) is 48.5 Å². The van der Waals surface area contributed by atoms with E-state index in [0.717, 1.165) is 11.1 Å². The topological polar surface area (TPSA) is 43.4 Å². The fourth-order valence-corrected chi connectivity index (χ4v) is 3.37. The second-order valence-corrected chi connectivity index (χ2v) is 7.31. The molecule has 0 bridgehead atoms. The fourth-order valence-electron chi connectivity index (χ4n) is 2.16. The molecule has 0 aliphatic rings. The van der Waals surface area contributed by atoms with Crippen molar-refractivity contribution in [2.75, 3.05) is 19.8 Å². The maximum atomic E-state index is 13.8. The van der Waals surface area contributed by atoms with Crippen molar-refractivity contribution >= 4 is 17.1 Å². The monoisotopic (exact) mass is 333 g/mol. The average Bonchev–Trinajstić information content (AvgIpc) is 2.54. The van der Waals surface area contributed by atoms with Gasteiger partial charge < -0.3 is 9.45 Å². The molecule has 5 heteroatoms. The van der Waals surface area contributed by atoms with E-state index in [1.54, 1.807) is 32.3 Å². The molecule has 122 valence electrons. The van der Waals surface area contributed by atoms with E-state index < -0.39 is 11.2 Å². The molecule has 3 nitrogen and oxygen atoms in total. The van der Waals surface area contributed by atoms with Crippen molar-refractivity contribution in [1.29, 1.82) is 0 Å². The Balaban J connectivity index is 2.13. The van der Waals surface area contributed by atoms with Crippen LogP contribution in [0.5, 0.6) is 0 Å². The van der Waals surface area contributed by atoms with Crippen molar-refractivity contribution in [1.82, 2.24) is 4.90 Å². The number of hydrogen-bond donors (Lipinski definition) is 0. The van der Waals surface area contributed by atoms with Gasteiger partial charge in [0.15, 0.2) is 5.75 Å². The molecule has 2 unspecified atom stereocenters. The summed E-state index contributed by atoms with van der Waals surface area (Å²) in [6.07, 6.45) is 0. The molecule has 0 N–H and O–H groups in total. The van der Waals surface area contributed by atoms with Crippen molar-refractivity contribution in [3.05, 3.63) is 59.9 Å². The molecule has 0 fully saturated rings. The first-order valence-corrected chi connectivity index (χ1v) is 8.70. The minimum absolute atomic E-state index is 0.00321. The quantitative estimate of drug-likeness (QED) is 0.787. The predicted octanol–water partition coefficient (Wildman–Crippen LogP) is 3.39. The van der Waals surface area contributed by atoms with E-state index in [-0.39, 0.29) is 22.7 Å². The van der Waals surface area contributed by atoms with Gasteiger partial charge in [-0.1, -0.05) is 42.5 Å². The highest BCUT2D eigenvalue weighted by atomic mass is 32.2. The molecular weight excluding hydrogens is 313 g/mol. The van der Waals surface area contributed by atoms with Crippen molar-refractivity contribution in [2.24, 2.45) is 0 Å². The van der Waals surface area contributed by atoms with Gasteiger partial charge in [0.25, 0.3) is 5.91 Å². The molecule has 0 spiro atoms. The number of nitrogens with zero attached hydrogens (tertiary/aromatic N) is 1. The summed E-state index contributed by atoms with van der Waals surface area (Å²) in [7, 11) is 3.29. The Kier molecular flexibility index (Phi) is 5.80. The van der Waals surface area contributed by atoms with Gasteiger partial charge in [0, 0.05) is 25.2 Å². The van der Waals surface area contributed by atoms with Gasteiger partial charge in [0.2, 0.25) is 0 Å². The molecule has 0 aliphatic carbocycles. The Labute approximate surface area is 139 Å². The van der Waals surface area contributed by atoms with Crippen LogP contribution < -0.4 is 0 Å². The third-order valence-electron chi connectivity index (χ3n) is 3.72. The van der Waals surface area contributed by atoms with E-state index >= 15 is 0 Å². The van der Waals surface area contributed by atoms with Crippen molar-refractivity contribution in [3.8, 4) is 11.1 Å². The summed E-state index contributed by atoms with van der Waals surface area (Å²) in [4.78, 5) is 13.1. The Hall–Kier alpha value is -1.85. The highest BCUT2D eigenvalue weighted by Gasteiger charge is 2.23. The molecule has 2 aromatic rings. The Morgan fingerprint density at radius 1 is 1.17 bits per heavy atom. The second kappa shape index (κ2) is 7.62. The summed E-state index contributed by atoms with van der Waals surface area (Å²) in [6.45, 7) is 1.83. The first-order valence-electron chi connectivity index (χ1n) is 7.32. The van der Waals surface area contributed by atoms with E-state index in [1.807, 2.05) is 31.2 Å². The molecule has 0 radical (unpaired) electrons. The standard InChI is InChI=1S/C18H20FNO2S/c1-13(23(22)12-18(21)20(2)3)14-8-10-15(11-9-14)16-6-4-5-7-17(16)19/h4-11,13H,12H2,1-3H3. The zero-order valence-electron chi connectivity index (χ0n) is 13.5. The second-order valence-electron chi connectivity index (χ2n) is 5.56. The summed E-state index contributed by atoms with van der Waals surface area (Å²) >= 11 is -1.29. The first kappa shape index (κ1) is 17.5. The van der Waals surface area contributed by atoms with Crippen molar-refractivity contribution in [3.63, 3.8) is 0 Å². The van der Waals surface area contributed by atoms with Crippen molar-refractivity contribution < 1.29 is 13.7 Å². The number of halogens is 1. The Bertz CT molecular complexity index is 673. The van der Waals surface area contributed by atoms with Gasteiger partial charge in [0.1, 0.15) is 11.1 Å². The van der Waals surface area contributed by atoms with Gasteiger partial charge in [-0.05, 0) is 29.7 Å². The van der Waals surface area contributed by atoms with E-state index in [9.17, 15) is 13.7 Å². The van der Waals surface area contributed by atoms with E-state index in [2.05, 4.69) is 0 Å². The zero-order chi connectivity index (χ0) is 17.0. The van der Waals surface area contributed by atoms with E-state index in [1.165, 1.54) is 11.0 Å². The van der Waals surface area contributed by atoms with Gasteiger partial charge in [-0.25, -0.2) is 4.39 Å². The number of amides is 1. The molecule has 0 aliphatic heterocycles. The lowest BCUT2D eigenvalue weighted by Crippen LogP contribution is -2.30. The Morgan fingerprint density at radius 3 is 2.35 bits per heavy atom. The summed E-state index contributed by atoms with van der Waals surface area (Å²) in [5, 5.41) is -0.256. The number of rotatable bonds is 5. The van der Waals surface area contributed by atoms with Gasteiger partial charge in [-0.15, -0.1) is 0 Å². The largest absolute Gasteiger partial charge is 0.615 e. The van der Waals surface area contributed by atoms with Crippen molar-refractivity contribution in [2.45, 2.75) is 12.2 Å². The minimum Gasteiger partial charge on any atom is -0.615 e. The minimum atomic E-state index is -1.29. The summed E-state index contributed by atoms with van der Waals surface area (Å²) in [6, 6.07) is 13.9. The number of carbonyl (C=O) groups excluding carboxylic acids is 1. The lowest BCUT2D eigenvalue weighted by Gasteiger charge is -2.20. The smallest absolute Gasteiger partial charge is 0.271 e. The van der Waals surface area contributed by atoms with Gasteiger partial charge in [-0.2, -0.15) is 0 Å². The predicted molar refractivity (Wildman–Crippen MR) is 92.0 cm³/mol. The molecule has 1 amide bonds. The normalized spacial score (nSPS) is 13.4. The molecule has 0 saturated heterocycles. The van der Waals surface area contributed by atoms with Crippen LogP contribution in [0.3, 0.4) is 0 Å². The van der Waals surface area contributed by atoms with Crippen LogP contribution in [-0.2, 0) is 16.0 Å². The molecule has 23 heavy (non-hydrogen) atoms. The lowest BCUT2D eigenvalue weighted by molar-refractivity contribution is -0.125. The average molecular weight is 333 g/mol. The molecular formula is C18H20FNO2S. The van der Waals surface area contributed by atoms with Crippen LogP contribution in [0.1, 0.15) is 17.7 Å². The molecule has 2 aromatic carbocycles. The van der Waals surface area contributed by atoms with Gasteiger partial charge >= 0.3 is 0 Å². The number of carbonyl (C=O) groups is 1. The van der Waals surface area contributed by atoms with Gasteiger partial charge in [-0.3, -0.25) is 4.79 Å². The third-order valence-corrected chi connectivity index (χ3v) is 5.32. The number of benzene rings is 2. The SMILES string of the molecule is CC(c1ccc(-c2ccccc2F)cc1)[S+]([O-])CC(=O)N(C)C. The molecule has 0 heterocycles. The first-order chi connectivity index (χ1) is 10.9. The van der Waals surface area contributed by atoms with E-state index in [4.69, 9.17) is 0 Å². The number of hydrogen-bond acceptors (Lipinski definition) is 2. The molecule has 0 aromatic heterocycles. The van der Waals surface area contributed by atoms with Gasteiger partial charge in [0.05, 0.1) is 0 Å². The van der Waals surface area contributed by atoms with Crippen LogP contribution in [0.25, 0.3) is 11.1 Å². The lowest BCUT2D eigenvalue weighted by atomic mass is 10.0. The third kappa shape index (κ3) is 4.33. The summed E-state index contributed by atoms with van der Waals surface area (Å²) < 4.78 is 26.1. The maximum absolute atomic E-state index is 13.8. The molecule has 0 saturated carbocycles. The molecule has 2 rings (SSSR count). The van der Waals surface area contributed by atoms with E-state index in [0.29, 0.717) is 5.56 Å².